The van der Waals surface area contributed by atoms with Gasteiger partial charge in [0.2, 0.25) is 10.0 Å². The van der Waals surface area contributed by atoms with Crippen molar-refractivity contribution in [2.45, 2.75) is 18.7 Å². The number of aryl methyl sites for hydroxylation is 2. The molecule has 3 rings (SSSR count). The lowest BCUT2D eigenvalue weighted by Crippen LogP contribution is -2.49. The van der Waals surface area contributed by atoms with Crippen LogP contribution in [0, 0.1) is 13.8 Å². The summed E-state index contributed by atoms with van der Waals surface area (Å²) in [5.74, 6) is 0.758. The molecule has 1 aliphatic rings. The Kier molecular flexibility index (Phi) is 6.14. The number of aldehydes is 1. The maximum Gasteiger partial charge on any atom is 0.247 e. The minimum atomic E-state index is -3.72. The zero-order chi connectivity index (χ0) is 21.2. The van der Waals surface area contributed by atoms with Gasteiger partial charge >= 0.3 is 0 Å². The van der Waals surface area contributed by atoms with E-state index in [2.05, 4.69) is 4.90 Å². The number of piperazine rings is 1. The Morgan fingerprint density at radius 3 is 2.07 bits per heavy atom. The number of ether oxygens (including phenoxy) is 2. The first-order chi connectivity index (χ1) is 13.8. The van der Waals surface area contributed by atoms with Gasteiger partial charge in [0.15, 0.2) is 0 Å². The Bertz CT molecular complexity index is 989. The molecular weight excluding hydrogens is 392 g/mol. The second-order valence-electron chi connectivity index (χ2n) is 7.03. The molecule has 2 aromatic carbocycles. The van der Waals surface area contributed by atoms with E-state index in [1.54, 1.807) is 12.1 Å². The SMILES string of the molecule is COc1ccc(OC)c(S(=O)(=O)N2CCN(c3c(C)cc(C=O)cc3C)CC2)c1. The number of hydrogen-bond donors (Lipinski definition) is 0. The van der Waals surface area contributed by atoms with Gasteiger partial charge in [-0.2, -0.15) is 4.31 Å². The molecule has 0 N–H and O–H groups in total. The molecule has 0 aliphatic carbocycles. The largest absolute Gasteiger partial charge is 0.497 e. The van der Waals surface area contributed by atoms with Crippen LogP contribution in [0.4, 0.5) is 5.69 Å². The first kappa shape index (κ1) is 21.1. The minimum absolute atomic E-state index is 0.107. The molecule has 0 unspecified atom stereocenters. The average molecular weight is 419 g/mol. The topological polar surface area (TPSA) is 76.2 Å². The molecule has 0 aromatic heterocycles. The number of nitrogens with zero attached hydrogens (tertiary/aromatic N) is 2. The highest BCUT2D eigenvalue weighted by Gasteiger charge is 2.32. The third-order valence-corrected chi connectivity index (χ3v) is 7.11. The highest BCUT2D eigenvalue weighted by Crippen LogP contribution is 2.32. The van der Waals surface area contributed by atoms with E-state index in [-0.39, 0.29) is 4.90 Å². The number of rotatable bonds is 6. The minimum Gasteiger partial charge on any atom is -0.497 e. The number of carbonyl (C=O) groups excluding carboxylic acids is 1. The molecule has 2 aromatic rings. The number of hydrogen-bond acceptors (Lipinski definition) is 6. The van der Waals surface area contributed by atoms with E-state index in [1.807, 2.05) is 26.0 Å². The van der Waals surface area contributed by atoms with Crippen LogP contribution in [0.1, 0.15) is 21.5 Å². The average Bonchev–Trinajstić information content (AvgIpc) is 2.73. The second-order valence-corrected chi connectivity index (χ2v) is 8.94. The van der Waals surface area contributed by atoms with Crippen molar-refractivity contribution in [3.63, 3.8) is 0 Å². The molecule has 0 saturated carbocycles. The Morgan fingerprint density at radius 1 is 0.931 bits per heavy atom. The maximum atomic E-state index is 13.2. The molecule has 0 spiro atoms. The van der Waals surface area contributed by atoms with Crippen LogP contribution in [0.5, 0.6) is 11.5 Å². The summed E-state index contributed by atoms with van der Waals surface area (Å²) in [7, 11) is -0.769. The number of benzene rings is 2. The van der Waals surface area contributed by atoms with E-state index in [1.165, 1.54) is 24.6 Å². The van der Waals surface area contributed by atoms with Crippen LogP contribution in [0.3, 0.4) is 0 Å². The van der Waals surface area contributed by atoms with Gasteiger partial charge in [-0.1, -0.05) is 0 Å². The summed E-state index contributed by atoms with van der Waals surface area (Å²) in [5.41, 5.74) is 3.73. The fourth-order valence-corrected chi connectivity index (χ4v) is 5.43. The smallest absolute Gasteiger partial charge is 0.247 e. The summed E-state index contributed by atoms with van der Waals surface area (Å²) in [4.78, 5) is 13.4. The first-order valence-corrected chi connectivity index (χ1v) is 10.8. The van der Waals surface area contributed by atoms with E-state index < -0.39 is 10.0 Å². The van der Waals surface area contributed by atoms with E-state index in [0.29, 0.717) is 43.2 Å². The third kappa shape index (κ3) is 4.09. The van der Waals surface area contributed by atoms with Crippen LogP contribution >= 0.6 is 0 Å². The monoisotopic (exact) mass is 418 g/mol. The van der Waals surface area contributed by atoms with Crippen LogP contribution in [0.15, 0.2) is 35.2 Å². The van der Waals surface area contributed by atoms with Gasteiger partial charge in [0.05, 0.1) is 14.2 Å². The molecule has 29 heavy (non-hydrogen) atoms. The lowest BCUT2D eigenvalue weighted by molar-refractivity contribution is 0.112. The Morgan fingerprint density at radius 2 is 1.55 bits per heavy atom. The van der Waals surface area contributed by atoms with Gasteiger partial charge in [-0.05, 0) is 49.2 Å². The van der Waals surface area contributed by atoms with Crippen molar-refractivity contribution in [1.82, 2.24) is 4.31 Å². The molecule has 0 amide bonds. The molecule has 1 aliphatic heterocycles. The van der Waals surface area contributed by atoms with E-state index in [9.17, 15) is 13.2 Å². The highest BCUT2D eigenvalue weighted by atomic mass is 32.2. The Balaban J connectivity index is 1.83. The number of sulfonamides is 1. The molecule has 7 nitrogen and oxygen atoms in total. The van der Waals surface area contributed by atoms with Crippen molar-refractivity contribution in [3.8, 4) is 11.5 Å². The molecule has 0 radical (unpaired) electrons. The summed E-state index contributed by atoms with van der Waals surface area (Å²) in [6.07, 6.45) is 0.843. The van der Waals surface area contributed by atoms with Gasteiger partial charge in [0.25, 0.3) is 0 Å². The number of methoxy groups -OCH3 is 2. The zero-order valence-corrected chi connectivity index (χ0v) is 18.0. The summed E-state index contributed by atoms with van der Waals surface area (Å²) < 4.78 is 38.4. The van der Waals surface area contributed by atoms with Gasteiger partial charge in [-0.15, -0.1) is 0 Å². The van der Waals surface area contributed by atoms with E-state index >= 15 is 0 Å². The van der Waals surface area contributed by atoms with Crippen molar-refractivity contribution in [3.05, 3.63) is 47.0 Å². The summed E-state index contributed by atoms with van der Waals surface area (Å²) in [5, 5.41) is 0. The van der Waals surface area contributed by atoms with Crippen LogP contribution in [-0.2, 0) is 10.0 Å². The first-order valence-electron chi connectivity index (χ1n) is 9.35. The molecule has 1 heterocycles. The molecule has 1 saturated heterocycles. The quantitative estimate of drug-likeness (QED) is 0.672. The molecule has 0 bridgehead atoms. The van der Waals surface area contributed by atoms with E-state index in [0.717, 1.165) is 23.1 Å². The lowest BCUT2D eigenvalue weighted by atomic mass is 10.0. The molecule has 0 atom stereocenters. The molecule has 1 fully saturated rings. The lowest BCUT2D eigenvalue weighted by Gasteiger charge is -2.37. The summed E-state index contributed by atoms with van der Waals surface area (Å²) >= 11 is 0. The standard InChI is InChI=1S/C21H26N2O5S/c1-15-11-17(14-24)12-16(2)21(15)22-7-9-23(10-8-22)29(25,26)20-13-18(27-3)5-6-19(20)28-4/h5-6,11-14H,7-10H2,1-4H3. The van der Waals surface area contributed by atoms with Crippen molar-refractivity contribution >= 4 is 22.0 Å². The summed E-state index contributed by atoms with van der Waals surface area (Å²) in [6.45, 7) is 5.79. The zero-order valence-electron chi connectivity index (χ0n) is 17.1. The molecule has 156 valence electrons. The van der Waals surface area contributed by atoms with E-state index in [4.69, 9.17) is 9.47 Å². The van der Waals surface area contributed by atoms with Crippen molar-refractivity contribution in [2.24, 2.45) is 0 Å². The van der Waals surface area contributed by atoms with Crippen LogP contribution < -0.4 is 14.4 Å². The van der Waals surface area contributed by atoms with Crippen molar-refractivity contribution in [2.75, 3.05) is 45.3 Å². The fourth-order valence-electron chi connectivity index (χ4n) is 3.83. The number of carbonyl (C=O) groups is 1. The van der Waals surface area contributed by atoms with Crippen LogP contribution in [0.25, 0.3) is 0 Å². The van der Waals surface area contributed by atoms with Gasteiger partial charge in [0, 0.05) is 43.5 Å². The van der Waals surface area contributed by atoms with Gasteiger partial charge < -0.3 is 14.4 Å². The van der Waals surface area contributed by atoms with Crippen LogP contribution in [-0.4, -0.2) is 59.4 Å². The maximum absolute atomic E-state index is 13.2. The summed E-state index contributed by atoms with van der Waals surface area (Å²) in [6, 6.07) is 8.49. The predicted molar refractivity (Wildman–Crippen MR) is 112 cm³/mol. The third-order valence-electron chi connectivity index (χ3n) is 5.19. The predicted octanol–water partition coefficient (Wildman–Crippen LogP) is 2.64. The fraction of sp³-hybridized carbons (Fsp3) is 0.381. The molecule has 8 heteroatoms. The van der Waals surface area contributed by atoms with Gasteiger partial charge in [-0.3, -0.25) is 4.79 Å². The Labute approximate surface area is 171 Å². The Hall–Kier alpha value is -2.58. The second kappa shape index (κ2) is 8.42. The van der Waals surface area contributed by atoms with Crippen LogP contribution in [0.2, 0.25) is 0 Å². The van der Waals surface area contributed by atoms with Gasteiger partial charge in [0.1, 0.15) is 22.7 Å². The normalized spacial score (nSPS) is 15.2. The van der Waals surface area contributed by atoms with Crippen molar-refractivity contribution in [1.29, 1.82) is 0 Å². The van der Waals surface area contributed by atoms with Crippen molar-refractivity contribution < 1.29 is 22.7 Å². The highest BCUT2D eigenvalue weighted by molar-refractivity contribution is 7.89. The molecular formula is C21H26N2O5S. The number of anilines is 1. The van der Waals surface area contributed by atoms with Gasteiger partial charge in [-0.25, -0.2) is 8.42 Å².